The Kier molecular flexibility index (Phi) is 3.14. The summed E-state index contributed by atoms with van der Waals surface area (Å²) in [6, 6.07) is 12.7. The van der Waals surface area contributed by atoms with Gasteiger partial charge in [-0.25, -0.2) is 0 Å². The zero-order valence-corrected chi connectivity index (χ0v) is 9.48. The van der Waals surface area contributed by atoms with Gasteiger partial charge < -0.3 is 0 Å². The summed E-state index contributed by atoms with van der Waals surface area (Å²) < 4.78 is 2.06. The average molecular weight is 229 g/mol. The van der Waals surface area contributed by atoms with Crippen LogP contribution in [0, 0.1) is 10.1 Å². The first-order chi connectivity index (χ1) is 8.18. The fourth-order valence-electron chi connectivity index (χ4n) is 1.72. The molecule has 86 valence electrons. The van der Waals surface area contributed by atoms with Crippen molar-refractivity contribution >= 4 is 5.69 Å². The molecule has 0 aliphatic carbocycles. The smallest absolute Gasteiger partial charge is 0.258 e. The molecule has 0 spiro atoms. The number of hydrogen-bond acceptors (Lipinski definition) is 2. The number of pyridine rings is 1. The zero-order valence-electron chi connectivity index (χ0n) is 9.48. The number of nitro benzene ring substituents is 1. The van der Waals surface area contributed by atoms with Gasteiger partial charge >= 0.3 is 0 Å². The van der Waals surface area contributed by atoms with Crippen LogP contribution in [-0.4, -0.2) is 4.92 Å². The van der Waals surface area contributed by atoms with Gasteiger partial charge in [0.1, 0.15) is 0 Å². The van der Waals surface area contributed by atoms with Gasteiger partial charge in [-0.15, -0.1) is 0 Å². The molecule has 17 heavy (non-hydrogen) atoms. The number of nitrogens with zero attached hydrogens (tertiary/aromatic N) is 2. The average Bonchev–Trinajstić information content (AvgIpc) is 2.39. The predicted octanol–water partition coefficient (Wildman–Crippen LogP) is 2.49. The van der Waals surface area contributed by atoms with Crippen molar-refractivity contribution in [2.24, 2.45) is 0 Å². The topological polar surface area (TPSA) is 47.0 Å². The zero-order chi connectivity index (χ0) is 12.3. The van der Waals surface area contributed by atoms with E-state index in [9.17, 15) is 10.1 Å². The lowest BCUT2D eigenvalue weighted by atomic mass is 10.1. The second-order valence-corrected chi connectivity index (χ2v) is 3.85. The highest BCUT2D eigenvalue weighted by Gasteiger charge is 2.15. The van der Waals surface area contributed by atoms with Crippen molar-refractivity contribution in [3.63, 3.8) is 0 Å². The second kappa shape index (κ2) is 4.74. The van der Waals surface area contributed by atoms with Crippen LogP contribution in [0.4, 0.5) is 5.69 Å². The number of nitro groups is 1. The van der Waals surface area contributed by atoms with E-state index in [1.165, 1.54) is 12.1 Å². The molecule has 0 aliphatic heterocycles. The SMILES string of the molecule is CC(c1ccc([N+](=O)[O-])cc1)[n+]1ccccc1. The van der Waals surface area contributed by atoms with Crippen LogP contribution in [0.5, 0.6) is 0 Å². The Balaban J connectivity index is 2.26. The van der Waals surface area contributed by atoms with E-state index in [4.69, 9.17) is 0 Å². The molecular weight excluding hydrogens is 216 g/mol. The molecule has 1 unspecified atom stereocenters. The van der Waals surface area contributed by atoms with Gasteiger partial charge in [0.2, 0.25) is 0 Å². The highest BCUT2D eigenvalue weighted by molar-refractivity contribution is 5.33. The maximum atomic E-state index is 10.6. The Labute approximate surface area is 99.3 Å². The van der Waals surface area contributed by atoms with E-state index < -0.39 is 0 Å². The minimum atomic E-state index is -0.385. The van der Waals surface area contributed by atoms with E-state index >= 15 is 0 Å². The standard InChI is InChI=1S/C13H13N2O2/c1-11(14-9-3-2-4-10-14)12-5-7-13(8-6-12)15(16)17/h2-11H,1H3/q+1. The third-order valence-corrected chi connectivity index (χ3v) is 2.77. The number of rotatable bonds is 3. The Morgan fingerprint density at radius 1 is 1.12 bits per heavy atom. The number of non-ortho nitro benzene ring substituents is 1. The van der Waals surface area contributed by atoms with Gasteiger partial charge in [-0.2, -0.15) is 4.57 Å². The minimum Gasteiger partial charge on any atom is -0.258 e. The summed E-state index contributed by atoms with van der Waals surface area (Å²) >= 11 is 0. The van der Waals surface area contributed by atoms with Gasteiger partial charge in [0.15, 0.2) is 18.4 Å². The normalized spacial score (nSPS) is 12.1. The van der Waals surface area contributed by atoms with Crippen LogP contribution in [-0.2, 0) is 0 Å². The van der Waals surface area contributed by atoms with Crippen LogP contribution in [0.15, 0.2) is 54.9 Å². The molecular formula is C13H13N2O2+. The van der Waals surface area contributed by atoms with Crippen molar-refractivity contribution in [1.29, 1.82) is 0 Å². The maximum Gasteiger partial charge on any atom is 0.269 e. The molecule has 0 saturated heterocycles. The molecule has 2 rings (SSSR count). The summed E-state index contributed by atoms with van der Waals surface area (Å²) in [5.41, 5.74) is 1.17. The maximum absolute atomic E-state index is 10.6. The van der Waals surface area contributed by atoms with E-state index in [2.05, 4.69) is 11.5 Å². The Bertz CT molecular complexity index is 509. The molecule has 1 atom stereocenters. The monoisotopic (exact) mass is 229 g/mol. The first-order valence-electron chi connectivity index (χ1n) is 5.38. The van der Waals surface area contributed by atoms with Gasteiger partial charge in [0.25, 0.3) is 5.69 Å². The van der Waals surface area contributed by atoms with Gasteiger partial charge in [-0.05, 0) is 12.1 Å². The predicted molar refractivity (Wildman–Crippen MR) is 63.5 cm³/mol. The van der Waals surface area contributed by atoms with Crippen LogP contribution in [0.3, 0.4) is 0 Å². The molecule has 1 aromatic carbocycles. The van der Waals surface area contributed by atoms with E-state index in [0.717, 1.165) is 5.56 Å². The van der Waals surface area contributed by atoms with E-state index in [1.54, 1.807) is 12.1 Å². The largest absolute Gasteiger partial charge is 0.269 e. The van der Waals surface area contributed by atoms with Crippen LogP contribution in [0.25, 0.3) is 0 Å². The lowest BCUT2D eigenvalue weighted by molar-refractivity contribution is -0.710. The van der Waals surface area contributed by atoms with Crippen molar-refractivity contribution in [2.75, 3.05) is 0 Å². The summed E-state index contributed by atoms with van der Waals surface area (Å²) in [7, 11) is 0. The molecule has 4 nitrogen and oxygen atoms in total. The number of benzene rings is 1. The molecule has 0 aliphatic rings. The lowest BCUT2D eigenvalue weighted by Crippen LogP contribution is -2.37. The van der Waals surface area contributed by atoms with Crippen molar-refractivity contribution in [3.05, 3.63) is 70.5 Å². The third kappa shape index (κ3) is 2.47. The van der Waals surface area contributed by atoms with E-state index in [1.807, 2.05) is 30.6 Å². The van der Waals surface area contributed by atoms with Gasteiger partial charge in [0, 0.05) is 36.8 Å². The van der Waals surface area contributed by atoms with Crippen molar-refractivity contribution in [1.82, 2.24) is 0 Å². The highest BCUT2D eigenvalue weighted by Crippen LogP contribution is 2.16. The molecule has 2 aromatic rings. The van der Waals surface area contributed by atoms with Crippen molar-refractivity contribution in [2.45, 2.75) is 13.0 Å². The van der Waals surface area contributed by atoms with Crippen molar-refractivity contribution < 1.29 is 9.49 Å². The quantitative estimate of drug-likeness (QED) is 0.461. The lowest BCUT2D eigenvalue weighted by Gasteiger charge is -2.06. The molecule has 0 radical (unpaired) electrons. The van der Waals surface area contributed by atoms with Gasteiger partial charge in [-0.1, -0.05) is 6.07 Å². The van der Waals surface area contributed by atoms with Gasteiger partial charge in [0.05, 0.1) is 4.92 Å². The van der Waals surface area contributed by atoms with E-state index in [-0.39, 0.29) is 16.7 Å². The fourth-order valence-corrected chi connectivity index (χ4v) is 1.72. The molecule has 1 aromatic heterocycles. The Morgan fingerprint density at radius 3 is 2.24 bits per heavy atom. The summed E-state index contributed by atoms with van der Waals surface area (Å²) in [6.45, 7) is 2.06. The first-order valence-corrected chi connectivity index (χ1v) is 5.38. The molecule has 1 heterocycles. The van der Waals surface area contributed by atoms with Crippen LogP contribution >= 0.6 is 0 Å². The molecule has 4 heteroatoms. The van der Waals surface area contributed by atoms with Crippen molar-refractivity contribution in [3.8, 4) is 0 Å². The fraction of sp³-hybridized carbons (Fsp3) is 0.154. The second-order valence-electron chi connectivity index (χ2n) is 3.85. The van der Waals surface area contributed by atoms with E-state index in [0.29, 0.717) is 0 Å². The summed E-state index contributed by atoms with van der Waals surface area (Å²) in [6.07, 6.45) is 3.96. The summed E-state index contributed by atoms with van der Waals surface area (Å²) in [4.78, 5) is 10.2. The van der Waals surface area contributed by atoms with Gasteiger partial charge in [-0.3, -0.25) is 10.1 Å². The molecule has 0 N–H and O–H groups in total. The van der Waals surface area contributed by atoms with Crippen LogP contribution in [0.1, 0.15) is 18.5 Å². The molecule has 0 fully saturated rings. The molecule has 0 saturated carbocycles. The summed E-state index contributed by atoms with van der Waals surface area (Å²) in [5, 5.41) is 10.6. The molecule has 0 amide bonds. The van der Waals surface area contributed by atoms with Crippen LogP contribution in [0.2, 0.25) is 0 Å². The number of aromatic nitrogens is 1. The minimum absolute atomic E-state index is 0.124. The van der Waals surface area contributed by atoms with Crippen LogP contribution < -0.4 is 4.57 Å². The first kappa shape index (κ1) is 11.3. The molecule has 0 bridgehead atoms. The Morgan fingerprint density at radius 2 is 1.71 bits per heavy atom. The summed E-state index contributed by atoms with van der Waals surface area (Å²) in [5.74, 6) is 0. The highest BCUT2D eigenvalue weighted by atomic mass is 16.6. The third-order valence-electron chi connectivity index (χ3n) is 2.77. The number of hydrogen-bond donors (Lipinski definition) is 0. The Hall–Kier alpha value is -2.23.